The molecule has 0 amide bonds. The smallest absolute Gasteiger partial charge is 0.416 e. The number of aromatic nitrogens is 3. The van der Waals surface area contributed by atoms with Gasteiger partial charge in [0.15, 0.2) is 0 Å². The van der Waals surface area contributed by atoms with Crippen molar-refractivity contribution in [2.24, 2.45) is 0 Å². The molecule has 2 bridgehead atoms. The predicted molar refractivity (Wildman–Crippen MR) is 51.7 cm³/mol. The molecular weight excluding hydrogens is 194 g/mol. The minimum atomic E-state index is -0.959. The van der Waals surface area contributed by atoms with Gasteiger partial charge in [-0.2, -0.15) is 0 Å². The summed E-state index contributed by atoms with van der Waals surface area (Å²) in [5.41, 5.74) is 3.10. The number of hydrogen-bond donors (Lipinski definition) is 1. The first kappa shape index (κ1) is 8.16. The highest BCUT2D eigenvalue weighted by Crippen LogP contribution is 2.31. The van der Waals surface area contributed by atoms with E-state index in [1.165, 1.54) is 10.9 Å². The largest absolute Gasteiger partial charge is 0.464 e. The molecule has 5 heteroatoms. The zero-order valence-electron chi connectivity index (χ0n) is 7.71. The number of fused-ring (bicyclic) bond motifs is 4. The van der Waals surface area contributed by atoms with Crippen molar-refractivity contribution < 1.29 is 9.90 Å². The molecule has 0 atom stereocenters. The summed E-state index contributed by atoms with van der Waals surface area (Å²) in [5.74, 6) is 0. The molecule has 0 saturated carbocycles. The molecule has 0 fully saturated rings. The molecule has 0 unspecified atom stereocenters. The van der Waals surface area contributed by atoms with Crippen LogP contribution < -0.4 is 0 Å². The lowest BCUT2D eigenvalue weighted by atomic mass is 10.1. The Balaban J connectivity index is 2.32. The lowest BCUT2D eigenvalue weighted by Gasteiger charge is -2.15. The maximum atomic E-state index is 11.0. The lowest BCUT2D eigenvalue weighted by molar-refractivity contribution is 0.196. The normalized spacial score (nSPS) is 12.3. The van der Waals surface area contributed by atoms with Gasteiger partial charge in [0.1, 0.15) is 6.33 Å². The van der Waals surface area contributed by atoms with E-state index in [0.29, 0.717) is 12.1 Å². The number of carbonyl (C=O) groups is 1. The molecule has 0 spiro atoms. The molecule has 1 aliphatic rings. The van der Waals surface area contributed by atoms with E-state index in [4.69, 9.17) is 5.11 Å². The molecule has 2 aromatic rings. The van der Waals surface area contributed by atoms with Crippen molar-refractivity contribution in [1.82, 2.24) is 14.5 Å². The molecule has 3 heterocycles. The third-order valence-electron chi connectivity index (χ3n) is 2.57. The summed E-state index contributed by atoms with van der Waals surface area (Å²) in [7, 11) is 0. The number of hydrogen-bond acceptors (Lipinski definition) is 3. The summed E-state index contributed by atoms with van der Waals surface area (Å²) in [6.07, 6.45) is 2.72. The van der Waals surface area contributed by atoms with E-state index >= 15 is 0 Å². The predicted octanol–water partition coefficient (Wildman–Crippen LogP) is 1.38. The van der Waals surface area contributed by atoms with Crippen LogP contribution in [0.15, 0.2) is 24.7 Å². The first-order chi connectivity index (χ1) is 7.27. The Kier molecular flexibility index (Phi) is 1.45. The van der Waals surface area contributed by atoms with Gasteiger partial charge in [0.05, 0.1) is 11.4 Å². The SMILES string of the molecule is O=C(O)n1c2ccc1-c1cncnc1C2. The standard InChI is InChI=1S/C10H7N3O2/c14-10(15)13-6-1-2-9(13)7-4-11-5-12-8(7)3-6/h1-2,4-5H,3H2,(H,14,15). The quantitative estimate of drug-likeness (QED) is 0.596. The van der Waals surface area contributed by atoms with Crippen LogP contribution >= 0.6 is 0 Å². The molecule has 15 heavy (non-hydrogen) atoms. The summed E-state index contributed by atoms with van der Waals surface area (Å²) in [6.45, 7) is 0. The molecule has 0 saturated heterocycles. The Morgan fingerprint density at radius 3 is 3.13 bits per heavy atom. The van der Waals surface area contributed by atoms with Crippen LogP contribution in [0.1, 0.15) is 11.4 Å². The van der Waals surface area contributed by atoms with Crippen LogP contribution in [0.5, 0.6) is 0 Å². The number of nitrogens with zero attached hydrogens (tertiary/aromatic N) is 3. The fraction of sp³-hybridized carbons (Fsp3) is 0.100. The minimum Gasteiger partial charge on any atom is -0.464 e. The Bertz CT molecular complexity index is 560. The molecule has 2 aromatic heterocycles. The molecular formula is C10H7N3O2. The minimum absolute atomic E-state index is 0.546. The Morgan fingerprint density at radius 1 is 1.47 bits per heavy atom. The maximum absolute atomic E-state index is 11.0. The van der Waals surface area contributed by atoms with Crippen molar-refractivity contribution in [3.8, 4) is 11.3 Å². The first-order valence-corrected chi connectivity index (χ1v) is 4.50. The summed E-state index contributed by atoms with van der Waals surface area (Å²) in [5, 5.41) is 9.05. The maximum Gasteiger partial charge on any atom is 0.416 e. The average Bonchev–Trinajstić information content (AvgIpc) is 2.55. The van der Waals surface area contributed by atoms with E-state index in [-0.39, 0.29) is 0 Å². The van der Waals surface area contributed by atoms with E-state index < -0.39 is 6.09 Å². The van der Waals surface area contributed by atoms with Gasteiger partial charge >= 0.3 is 6.09 Å². The topological polar surface area (TPSA) is 68.0 Å². The van der Waals surface area contributed by atoms with Crippen LogP contribution in [0.25, 0.3) is 11.3 Å². The van der Waals surface area contributed by atoms with Crippen molar-refractivity contribution >= 4 is 6.09 Å². The molecule has 74 valence electrons. The van der Waals surface area contributed by atoms with Crippen LogP contribution in [0.4, 0.5) is 4.79 Å². The van der Waals surface area contributed by atoms with Crippen LogP contribution in [-0.2, 0) is 6.42 Å². The van der Waals surface area contributed by atoms with Crippen molar-refractivity contribution in [2.45, 2.75) is 6.42 Å². The van der Waals surface area contributed by atoms with E-state index in [2.05, 4.69) is 9.97 Å². The highest BCUT2D eigenvalue weighted by molar-refractivity contribution is 5.80. The molecule has 1 N–H and O–H groups in total. The summed E-state index contributed by atoms with van der Waals surface area (Å²) in [4.78, 5) is 19.1. The van der Waals surface area contributed by atoms with Gasteiger partial charge in [-0.3, -0.25) is 0 Å². The number of rotatable bonds is 0. The zero-order valence-corrected chi connectivity index (χ0v) is 7.71. The fourth-order valence-corrected chi connectivity index (χ4v) is 1.93. The monoisotopic (exact) mass is 201 g/mol. The summed E-state index contributed by atoms with van der Waals surface area (Å²) < 4.78 is 1.28. The van der Waals surface area contributed by atoms with E-state index in [0.717, 1.165) is 17.0 Å². The van der Waals surface area contributed by atoms with Gasteiger partial charge in [-0.05, 0) is 12.1 Å². The lowest BCUT2D eigenvalue weighted by Crippen LogP contribution is -2.18. The van der Waals surface area contributed by atoms with Crippen LogP contribution in [0.3, 0.4) is 0 Å². The second-order valence-electron chi connectivity index (χ2n) is 3.39. The van der Waals surface area contributed by atoms with Gasteiger partial charge in [-0.25, -0.2) is 19.3 Å². The van der Waals surface area contributed by atoms with Gasteiger partial charge in [0.2, 0.25) is 0 Å². The Morgan fingerprint density at radius 2 is 2.33 bits per heavy atom. The molecule has 3 rings (SSSR count). The van der Waals surface area contributed by atoms with Crippen LogP contribution in [-0.4, -0.2) is 25.7 Å². The second-order valence-corrected chi connectivity index (χ2v) is 3.39. The van der Waals surface area contributed by atoms with Crippen molar-refractivity contribution in [1.29, 1.82) is 0 Å². The van der Waals surface area contributed by atoms with Crippen molar-refractivity contribution in [3.63, 3.8) is 0 Å². The summed E-state index contributed by atoms with van der Waals surface area (Å²) >= 11 is 0. The average molecular weight is 201 g/mol. The highest BCUT2D eigenvalue weighted by atomic mass is 16.4. The van der Waals surface area contributed by atoms with Crippen molar-refractivity contribution in [3.05, 3.63) is 36.0 Å². The summed E-state index contributed by atoms with van der Waals surface area (Å²) in [6, 6.07) is 3.60. The Hall–Kier alpha value is -2.17. The van der Waals surface area contributed by atoms with Gasteiger partial charge in [-0.15, -0.1) is 0 Å². The van der Waals surface area contributed by atoms with Gasteiger partial charge in [0.25, 0.3) is 0 Å². The van der Waals surface area contributed by atoms with Gasteiger partial charge < -0.3 is 5.11 Å². The third kappa shape index (κ3) is 0.999. The van der Waals surface area contributed by atoms with Crippen molar-refractivity contribution in [2.75, 3.05) is 0 Å². The Labute approximate surface area is 85.0 Å². The molecule has 5 nitrogen and oxygen atoms in total. The van der Waals surface area contributed by atoms with Gasteiger partial charge in [-0.1, -0.05) is 0 Å². The molecule has 0 aromatic carbocycles. The first-order valence-electron chi connectivity index (χ1n) is 4.50. The zero-order chi connectivity index (χ0) is 10.4. The van der Waals surface area contributed by atoms with Crippen LogP contribution in [0.2, 0.25) is 0 Å². The van der Waals surface area contributed by atoms with E-state index in [1.54, 1.807) is 12.3 Å². The fourth-order valence-electron chi connectivity index (χ4n) is 1.93. The number of carboxylic acid groups (broad SMARTS) is 1. The molecule has 1 aliphatic heterocycles. The molecule has 0 aliphatic carbocycles. The molecule has 0 radical (unpaired) electrons. The second kappa shape index (κ2) is 2.66. The van der Waals surface area contributed by atoms with Crippen LogP contribution in [0, 0.1) is 0 Å². The van der Waals surface area contributed by atoms with E-state index in [9.17, 15) is 4.79 Å². The van der Waals surface area contributed by atoms with Gasteiger partial charge in [0, 0.05) is 23.9 Å². The highest BCUT2D eigenvalue weighted by Gasteiger charge is 2.23. The van der Waals surface area contributed by atoms with E-state index in [1.807, 2.05) is 6.07 Å². The third-order valence-corrected chi connectivity index (χ3v) is 2.57.